The van der Waals surface area contributed by atoms with Gasteiger partial charge in [-0.05, 0) is 38.7 Å². The highest BCUT2D eigenvalue weighted by Crippen LogP contribution is 2.24. The predicted octanol–water partition coefficient (Wildman–Crippen LogP) is 1.89. The molecule has 2 aliphatic rings. The van der Waals surface area contributed by atoms with Gasteiger partial charge in [-0.2, -0.15) is 0 Å². The van der Waals surface area contributed by atoms with Crippen molar-refractivity contribution >= 4 is 0 Å². The van der Waals surface area contributed by atoms with Crippen molar-refractivity contribution in [2.24, 2.45) is 5.92 Å². The molecule has 0 aliphatic carbocycles. The first-order chi connectivity index (χ1) is 10.2. The second-order valence-electron chi connectivity index (χ2n) is 6.16. The summed E-state index contributed by atoms with van der Waals surface area (Å²) in [4.78, 5) is 11.4. The molecule has 0 aromatic carbocycles. The van der Waals surface area contributed by atoms with Crippen LogP contribution in [0.3, 0.4) is 0 Å². The van der Waals surface area contributed by atoms with Crippen LogP contribution in [-0.4, -0.2) is 54.3 Å². The maximum atomic E-state index is 5.94. The summed E-state index contributed by atoms with van der Waals surface area (Å²) in [6.45, 7) is 9.71. The van der Waals surface area contributed by atoms with Gasteiger partial charge in [0.25, 0.3) is 0 Å². The molecule has 5 nitrogen and oxygen atoms in total. The van der Waals surface area contributed by atoms with Crippen LogP contribution in [0, 0.1) is 19.8 Å². The maximum absolute atomic E-state index is 5.94. The first kappa shape index (κ1) is 14.9. The summed E-state index contributed by atoms with van der Waals surface area (Å²) < 4.78 is 11.4. The maximum Gasteiger partial charge on any atom is 0.125 e. The zero-order chi connectivity index (χ0) is 14.7. The van der Waals surface area contributed by atoms with Gasteiger partial charge in [0, 0.05) is 38.5 Å². The number of aryl methyl sites for hydroxylation is 2. The van der Waals surface area contributed by atoms with E-state index in [0.717, 1.165) is 62.6 Å². The molecule has 1 aromatic heterocycles. The van der Waals surface area contributed by atoms with Crippen LogP contribution in [0.2, 0.25) is 0 Å². The lowest BCUT2D eigenvalue weighted by Crippen LogP contribution is -2.42. The first-order valence-electron chi connectivity index (χ1n) is 7.94. The highest BCUT2D eigenvalue weighted by atomic mass is 16.5. The van der Waals surface area contributed by atoms with Crippen molar-refractivity contribution in [2.75, 3.05) is 39.5 Å². The number of hydrogen-bond donors (Lipinski definition) is 0. The summed E-state index contributed by atoms with van der Waals surface area (Å²) in [5, 5.41) is 0. The van der Waals surface area contributed by atoms with E-state index in [2.05, 4.69) is 20.9 Å². The van der Waals surface area contributed by atoms with Gasteiger partial charge < -0.3 is 9.47 Å². The van der Waals surface area contributed by atoms with Gasteiger partial charge >= 0.3 is 0 Å². The van der Waals surface area contributed by atoms with E-state index in [4.69, 9.17) is 9.47 Å². The summed E-state index contributed by atoms with van der Waals surface area (Å²) in [6, 6.07) is 2.05. The first-order valence-corrected chi connectivity index (χ1v) is 7.94. The monoisotopic (exact) mass is 291 g/mol. The zero-order valence-electron chi connectivity index (χ0n) is 13.0. The van der Waals surface area contributed by atoms with Gasteiger partial charge in [-0.15, -0.1) is 0 Å². The Morgan fingerprint density at radius 1 is 1.19 bits per heavy atom. The lowest BCUT2D eigenvalue weighted by Gasteiger charge is -2.35. The molecule has 1 aromatic rings. The van der Waals surface area contributed by atoms with Gasteiger partial charge in [-0.25, -0.2) is 9.97 Å². The highest BCUT2D eigenvalue weighted by Gasteiger charge is 2.26. The number of hydrogen-bond acceptors (Lipinski definition) is 5. The molecule has 116 valence electrons. The summed E-state index contributed by atoms with van der Waals surface area (Å²) in [5.41, 5.74) is 2.04. The predicted molar refractivity (Wildman–Crippen MR) is 80.2 cm³/mol. The van der Waals surface area contributed by atoms with Gasteiger partial charge in [0.15, 0.2) is 0 Å². The standard InChI is InChI=1S/C16H25N3O2/c1-12-9-15(18-13(2)17-12)16-11-19(5-8-21-16)10-14-3-6-20-7-4-14/h9,14,16H,3-8,10-11H2,1-2H3/t16-/m1/s1. The minimum Gasteiger partial charge on any atom is -0.381 e. The molecular formula is C16H25N3O2. The van der Waals surface area contributed by atoms with Crippen molar-refractivity contribution in [3.05, 3.63) is 23.3 Å². The van der Waals surface area contributed by atoms with Crippen LogP contribution in [-0.2, 0) is 9.47 Å². The topological polar surface area (TPSA) is 47.5 Å². The normalized spacial score (nSPS) is 25.1. The second-order valence-corrected chi connectivity index (χ2v) is 6.16. The van der Waals surface area contributed by atoms with Gasteiger partial charge in [0.2, 0.25) is 0 Å². The van der Waals surface area contributed by atoms with Crippen LogP contribution in [0.15, 0.2) is 6.07 Å². The summed E-state index contributed by atoms with van der Waals surface area (Å²) in [5.74, 6) is 1.60. The number of morpholine rings is 1. The quantitative estimate of drug-likeness (QED) is 0.851. The Morgan fingerprint density at radius 2 is 2.00 bits per heavy atom. The third kappa shape index (κ3) is 3.99. The molecule has 0 amide bonds. The molecule has 0 saturated carbocycles. The van der Waals surface area contributed by atoms with E-state index >= 15 is 0 Å². The minimum atomic E-state index is 0.0824. The van der Waals surface area contributed by atoms with E-state index in [-0.39, 0.29) is 6.10 Å². The van der Waals surface area contributed by atoms with E-state index in [1.54, 1.807) is 0 Å². The number of nitrogens with zero attached hydrogens (tertiary/aromatic N) is 3. The summed E-state index contributed by atoms with van der Waals surface area (Å²) in [6.07, 6.45) is 2.46. The lowest BCUT2D eigenvalue weighted by molar-refractivity contribution is -0.0430. The van der Waals surface area contributed by atoms with E-state index in [0.29, 0.717) is 0 Å². The second kappa shape index (κ2) is 6.81. The number of rotatable bonds is 3. The molecular weight excluding hydrogens is 266 g/mol. The molecule has 2 fully saturated rings. The third-order valence-electron chi connectivity index (χ3n) is 4.32. The third-order valence-corrected chi connectivity index (χ3v) is 4.32. The van der Waals surface area contributed by atoms with Crippen LogP contribution in [0.25, 0.3) is 0 Å². The van der Waals surface area contributed by atoms with Crippen LogP contribution in [0.4, 0.5) is 0 Å². The van der Waals surface area contributed by atoms with E-state index in [1.165, 1.54) is 12.8 Å². The van der Waals surface area contributed by atoms with Crippen LogP contribution >= 0.6 is 0 Å². The fraction of sp³-hybridized carbons (Fsp3) is 0.750. The van der Waals surface area contributed by atoms with Gasteiger partial charge in [-0.1, -0.05) is 0 Å². The van der Waals surface area contributed by atoms with Crippen LogP contribution in [0.1, 0.15) is 36.2 Å². The van der Waals surface area contributed by atoms with Crippen molar-refractivity contribution in [3.63, 3.8) is 0 Å². The molecule has 0 N–H and O–H groups in total. The lowest BCUT2D eigenvalue weighted by atomic mass is 9.99. The molecule has 0 bridgehead atoms. The molecule has 0 spiro atoms. The molecule has 2 aliphatic heterocycles. The van der Waals surface area contributed by atoms with Crippen molar-refractivity contribution in [2.45, 2.75) is 32.8 Å². The van der Waals surface area contributed by atoms with E-state index in [1.807, 2.05) is 13.8 Å². The average Bonchev–Trinajstić information content (AvgIpc) is 2.47. The summed E-state index contributed by atoms with van der Waals surface area (Å²) in [7, 11) is 0. The molecule has 5 heteroatoms. The van der Waals surface area contributed by atoms with Crippen molar-refractivity contribution < 1.29 is 9.47 Å². The summed E-state index contributed by atoms with van der Waals surface area (Å²) >= 11 is 0. The van der Waals surface area contributed by atoms with E-state index < -0.39 is 0 Å². The largest absolute Gasteiger partial charge is 0.381 e. The van der Waals surface area contributed by atoms with Crippen LogP contribution < -0.4 is 0 Å². The fourth-order valence-corrected chi connectivity index (χ4v) is 3.25. The van der Waals surface area contributed by atoms with Crippen molar-refractivity contribution in [1.82, 2.24) is 14.9 Å². The Morgan fingerprint density at radius 3 is 2.76 bits per heavy atom. The zero-order valence-corrected chi connectivity index (χ0v) is 13.0. The number of ether oxygens (including phenoxy) is 2. The van der Waals surface area contributed by atoms with Gasteiger partial charge in [0.05, 0.1) is 12.3 Å². The minimum absolute atomic E-state index is 0.0824. The Labute approximate surface area is 126 Å². The Hall–Kier alpha value is -1.04. The van der Waals surface area contributed by atoms with Crippen molar-refractivity contribution in [1.29, 1.82) is 0 Å². The molecule has 21 heavy (non-hydrogen) atoms. The van der Waals surface area contributed by atoms with Crippen molar-refractivity contribution in [3.8, 4) is 0 Å². The molecule has 0 radical (unpaired) electrons. The fourth-order valence-electron chi connectivity index (χ4n) is 3.25. The SMILES string of the molecule is Cc1cc([C@H]2CN(CC3CCOCC3)CCO2)nc(C)n1. The molecule has 2 saturated heterocycles. The Bertz CT molecular complexity index is 454. The van der Waals surface area contributed by atoms with Gasteiger partial charge in [0.1, 0.15) is 11.9 Å². The van der Waals surface area contributed by atoms with E-state index in [9.17, 15) is 0 Å². The molecule has 3 rings (SSSR count). The Balaban J connectivity index is 1.62. The smallest absolute Gasteiger partial charge is 0.125 e. The molecule has 3 heterocycles. The number of aromatic nitrogens is 2. The van der Waals surface area contributed by atoms with Gasteiger partial charge in [-0.3, -0.25) is 4.90 Å². The molecule has 0 unspecified atom stereocenters. The van der Waals surface area contributed by atoms with Crippen LogP contribution in [0.5, 0.6) is 0 Å². The highest BCUT2D eigenvalue weighted by molar-refractivity contribution is 5.13. The average molecular weight is 291 g/mol. The Kier molecular flexibility index (Phi) is 4.83. The molecule has 1 atom stereocenters.